The lowest BCUT2D eigenvalue weighted by molar-refractivity contribution is 0.00739. The van der Waals surface area contributed by atoms with Crippen LogP contribution in [-0.2, 0) is 11.3 Å². The van der Waals surface area contributed by atoms with Crippen LogP contribution in [0.2, 0.25) is 0 Å². The summed E-state index contributed by atoms with van der Waals surface area (Å²) >= 11 is 0. The van der Waals surface area contributed by atoms with Crippen LogP contribution in [0.1, 0.15) is 18.4 Å². The van der Waals surface area contributed by atoms with Crippen molar-refractivity contribution in [2.75, 3.05) is 13.4 Å². The van der Waals surface area contributed by atoms with E-state index in [1.54, 1.807) is 12.1 Å². The molecule has 0 aliphatic heterocycles. The van der Waals surface area contributed by atoms with Gasteiger partial charge in [0.2, 0.25) is 0 Å². The minimum Gasteiger partial charge on any atom is -0.464 e. The van der Waals surface area contributed by atoms with Crippen molar-refractivity contribution in [3.8, 4) is 5.75 Å². The molecule has 0 amide bonds. The first-order valence-electron chi connectivity index (χ1n) is 5.49. The van der Waals surface area contributed by atoms with Gasteiger partial charge in [0, 0.05) is 12.1 Å². The molecule has 0 aromatic heterocycles. The topological polar surface area (TPSA) is 44.5 Å². The summed E-state index contributed by atoms with van der Waals surface area (Å²) in [6.45, 7) is 1.05. The monoisotopic (exact) mass is 225 g/mol. The van der Waals surface area contributed by atoms with Crippen LogP contribution in [0.5, 0.6) is 5.75 Å². The number of rotatable bonds is 6. The van der Waals surface area contributed by atoms with Gasteiger partial charge < -0.3 is 15.2 Å². The summed E-state index contributed by atoms with van der Waals surface area (Å²) < 4.78 is 23.9. The summed E-state index contributed by atoms with van der Waals surface area (Å²) in [6.07, 6.45) is 2.46. The first-order chi connectivity index (χ1) is 7.81. The normalized spacial score (nSPS) is 15.1. The molecule has 2 N–H and O–H groups in total. The zero-order valence-electron chi connectivity index (χ0n) is 9.12. The molecule has 0 atom stereocenters. The minimum absolute atomic E-state index is 0.0877. The minimum atomic E-state index is -0.391. The lowest BCUT2D eigenvalue weighted by Crippen LogP contribution is -2.09. The summed E-state index contributed by atoms with van der Waals surface area (Å²) in [5, 5.41) is 0. The van der Waals surface area contributed by atoms with Crippen LogP contribution in [-0.4, -0.2) is 13.4 Å². The van der Waals surface area contributed by atoms with Gasteiger partial charge in [-0.1, -0.05) is 12.1 Å². The van der Waals surface area contributed by atoms with Crippen molar-refractivity contribution in [3.05, 3.63) is 29.6 Å². The highest BCUT2D eigenvalue weighted by Crippen LogP contribution is 2.29. The highest BCUT2D eigenvalue weighted by atomic mass is 19.1. The Bertz CT molecular complexity index is 353. The van der Waals surface area contributed by atoms with Crippen LogP contribution < -0.4 is 10.5 Å². The molecule has 1 fully saturated rings. The van der Waals surface area contributed by atoms with E-state index in [0.717, 1.165) is 0 Å². The zero-order chi connectivity index (χ0) is 11.4. The quantitative estimate of drug-likeness (QED) is 0.595. The van der Waals surface area contributed by atoms with E-state index in [-0.39, 0.29) is 19.1 Å². The van der Waals surface area contributed by atoms with E-state index >= 15 is 0 Å². The largest absolute Gasteiger partial charge is 0.464 e. The molecule has 4 heteroatoms. The molecule has 0 spiro atoms. The summed E-state index contributed by atoms with van der Waals surface area (Å²) in [4.78, 5) is 0. The Morgan fingerprint density at radius 3 is 2.88 bits per heavy atom. The highest BCUT2D eigenvalue weighted by molar-refractivity contribution is 5.34. The van der Waals surface area contributed by atoms with Crippen LogP contribution in [0.3, 0.4) is 0 Å². The van der Waals surface area contributed by atoms with Crippen LogP contribution in [0.25, 0.3) is 0 Å². The van der Waals surface area contributed by atoms with E-state index in [1.807, 2.05) is 0 Å². The van der Waals surface area contributed by atoms with E-state index in [1.165, 1.54) is 18.9 Å². The van der Waals surface area contributed by atoms with Gasteiger partial charge in [-0.05, 0) is 24.8 Å². The SMILES string of the molecule is NCc1cccc(F)c1OCOCC1CC1. The molecule has 0 saturated heterocycles. The lowest BCUT2D eigenvalue weighted by Gasteiger charge is -2.11. The second kappa shape index (κ2) is 5.27. The molecule has 1 aliphatic carbocycles. The van der Waals surface area contributed by atoms with Crippen molar-refractivity contribution in [1.29, 1.82) is 0 Å². The Morgan fingerprint density at radius 1 is 1.38 bits per heavy atom. The first-order valence-corrected chi connectivity index (χ1v) is 5.49. The fourth-order valence-electron chi connectivity index (χ4n) is 1.48. The van der Waals surface area contributed by atoms with Gasteiger partial charge in [0.05, 0.1) is 6.61 Å². The number of benzene rings is 1. The van der Waals surface area contributed by atoms with Crippen LogP contribution in [0.4, 0.5) is 4.39 Å². The second-order valence-electron chi connectivity index (χ2n) is 4.01. The molecular weight excluding hydrogens is 209 g/mol. The summed E-state index contributed by atoms with van der Waals surface area (Å²) in [6, 6.07) is 4.73. The number of nitrogens with two attached hydrogens (primary N) is 1. The van der Waals surface area contributed by atoms with E-state index in [4.69, 9.17) is 15.2 Å². The number of para-hydroxylation sites is 1. The third-order valence-corrected chi connectivity index (χ3v) is 2.61. The van der Waals surface area contributed by atoms with Gasteiger partial charge in [0.25, 0.3) is 0 Å². The highest BCUT2D eigenvalue weighted by Gasteiger charge is 2.21. The molecule has 3 nitrogen and oxygen atoms in total. The zero-order valence-corrected chi connectivity index (χ0v) is 9.12. The summed E-state index contributed by atoms with van der Waals surface area (Å²) in [5.41, 5.74) is 6.16. The predicted molar refractivity (Wildman–Crippen MR) is 58.5 cm³/mol. The average molecular weight is 225 g/mol. The molecule has 1 aromatic carbocycles. The predicted octanol–water partition coefficient (Wildman–Crippen LogP) is 2.05. The fraction of sp³-hybridized carbons (Fsp3) is 0.500. The van der Waals surface area contributed by atoms with Crippen LogP contribution >= 0.6 is 0 Å². The number of halogens is 1. The van der Waals surface area contributed by atoms with Gasteiger partial charge in [-0.3, -0.25) is 0 Å². The molecule has 2 rings (SSSR count). The molecule has 1 saturated carbocycles. The van der Waals surface area contributed by atoms with Gasteiger partial charge in [-0.2, -0.15) is 0 Å². The molecule has 16 heavy (non-hydrogen) atoms. The average Bonchev–Trinajstić information content (AvgIpc) is 3.09. The van der Waals surface area contributed by atoms with Crippen molar-refractivity contribution >= 4 is 0 Å². The van der Waals surface area contributed by atoms with Crippen molar-refractivity contribution in [1.82, 2.24) is 0 Å². The van der Waals surface area contributed by atoms with E-state index in [0.29, 0.717) is 18.1 Å². The number of hydrogen-bond donors (Lipinski definition) is 1. The van der Waals surface area contributed by atoms with Crippen LogP contribution in [0.15, 0.2) is 18.2 Å². The van der Waals surface area contributed by atoms with E-state index < -0.39 is 5.82 Å². The van der Waals surface area contributed by atoms with Crippen LogP contribution in [0, 0.1) is 11.7 Å². The standard InChI is InChI=1S/C12H16FNO2/c13-11-3-1-2-10(6-14)12(11)16-8-15-7-9-4-5-9/h1-3,9H,4-8,14H2. The third-order valence-electron chi connectivity index (χ3n) is 2.61. The smallest absolute Gasteiger partial charge is 0.189 e. The maximum absolute atomic E-state index is 13.4. The molecule has 0 bridgehead atoms. The Labute approximate surface area is 94.3 Å². The molecule has 88 valence electrons. The maximum atomic E-state index is 13.4. The number of ether oxygens (including phenoxy) is 2. The Kier molecular flexibility index (Phi) is 3.74. The van der Waals surface area contributed by atoms with E-state index in [2.05, 4.69) is 0 Å². The molecule has 1 aromatic rings. The first kappa shape index (κ1) is 11.4. The van der Waals surface area contributed by atoms with Gasteiger partial charge >= 0.3 is 0 Å². The Hall–Kier alpha value is -1.13. The molecule has 1 aliphatic rings. The van der Waals surface area contributed by atoms with E-state index in [9.17, 15) is 4.39 Å². The Balaban J connectivity index is 1.86. The van der Waals surface area contributed by atoms with Gasteiger partial charge in [0.15, 0.2) is 18.4 Å². The molecule has 0 radical (unpaired) electrons. The lowest BCUT2D eigenvalue weighted by atomic mass is 10.2. The number of hydrogen-bond acceptors (Lipinski definition) is 3. The van der Waals surface area contributed by atoms with Crippen molar-refractivity contribution in [3.63, 3.8) is 0 Å². The van der Waals surface area contributed by atoms with Crippen molar-refractivity contribution in [2.24, 2.45) is 11.7 Å². The maximum Gasteiger partial charge on any atom is 0.189 e. The van der Waals surface area contributed by atoms with Gasteiger partial charge in [0.1, 0.15) is 0 Å². The molecular formula is C12H16FNO2. The Morgan fingerprint density at radius 2 is 2.19 bits per heavy atom. The fourth-order valence-corrected chi connectivity index (χ4v) is 1.48. The molecule has 0 unspecified atom stereocenters. The second-order valence-corrected chi connectivity index (χ2v) is 4.01. The van der Waals surface area contributed by atoms with Crippen molar-refractivity contribution in [2.45, 2.75) is 19.4 Å². The van der Waals surface area contributed by atoms with Gasteiger partial charge in [-0.15, -0.1) is 0 Å². The van der Waals surface area contributed by atoms with Gasteiger partial charge in [-0.25, -0.2) is 4.39 Å². The summed E-state index contributed by atoms with van der Waals surface area (Å²) in [5.74, 6) is 0.497. The third kappa shape index (κ3) is 2.93. The van der Waals surface area contributed by atoms with Crippen molar-refractivity contribution < 1.29 is 13.9 Å². The molecule has 0 heterocycles. The summed E-state index contributed by atoms with van der Waals surface area (Å²) in [7, 11) is 0.